The minimum atomic E-state index is 0.0877. The van der Waals surface area contributed by atoms with Crippen molar-refractivity contribution in [2.75, 3.05) is 59.4 Å². The van der Waals surface area contributed by atoms with Crippen LogP contribution in [-0.2, 0) is 4.74 Å². The molecule has 0 atom stereocenters. The summed E-state index contributed by atoms with van der Waals surface area (Å²) in [6, 6.07) is 2.61. The van der Waals surface area contributed by atoms with Crippen LogP contribution in [0.15, 0.2) is 12.4 Å². The molecule has 2 aromatic heterocycles. The Balaban J connectivity index is 1.91. The van der Waals surface area contributed by atoms with Crippen molar-refractivity contribution >= 4 is 22.9 Å². The first-order valence-corrected chi connectivity index (χ1v) is 10.4. The topological polar surface area (TPSA) is 66.7 Å². The number of hydrogen-bond donors (Lipinski definition) is 0. The van der Waals surface area contributed by atoms with Gasteiger partial charge in [-0.3, -0.25) is 0 Å². The SMILES string of the molecule is COCCN(C)c1nc(C2CCN(C(=O)N(C)C)CC2)cc2c1ncn2C(C)C. The maximum Gasteiger partial charge on any atom is 0.319 e. The van der Waals surface area contributed by atoms with Crippen LogP contribution < -0.4 is 4.90 Å². The van der Waals surface area contributed by atoms with E-state index < -0.39 is 0 Å². The van der Waals surface area contributed by atoms with Crippen LogP contribution in [0.25, 0.3) is 11.0 Å². The summed E-state index contributed by atoms with van der Waals surface area (Å²) in [5, 5.41) is 0. The number of rotatable bonds is 6. The Hall–Kier alpha value is -2.35. The molecular formula is C21H34N6O2. The second-order valence-electron chi connectivity index (χ2n) is 8.34. The molecule has 3 rings (SSSR count). The Morgan fingerprint density at radius 3 is 2.55 bits per heavy atom. The van der Waals surface area contributed by atoms with E-state index >= 15 is 0 Å². The average Bonchev–Trinajstić information content (AvgIpc) is 3.15. The van der Waals surface area contributed by atoms with Crippen LogP contribution in [0, 0.1) is 0 Å². The highest BCUT2D eigenvalue weighted by molar-refractivity contribution is 5.87. The van der Waals surface area contributed by atoms with Gasteiger partial charge in [-0.05, 0) is 32.8 Å². The zero-order valence-corrected chi connectivity index (χ0v) is 18.6. The van der Waals surface area contributed by atoms with E-state index in [1.807, 2.05) is 18.3 Å². The van der Waals surface area contributed by atoms with Gasteiger partial charge in [0.2, 0.25) is 0 Å². The van der Waals surface area contributed by atoms with Crippen LogP contribution in [0.2, 0.25) is 0 Å². The number of likely N-dealkylation sites (tertiary alicyclic amines) is 1. The minimum Gasteiger partial charge on any atom is -0.383 e. The van der Waals surface area contributed by atoms with Crippen molar-refractivity contribution in [2.24, 2.45) is 0 Å². The van der Waals surface area contributed by atoms with Crippen LogP contribution >= 0.6 is 0 Å². The normalized spacial score (nSPS) is 15.3. The van der Waals surface area contributed by atoms with E-state index in [4.69, 9.17) is 9.72 Å². The minimum absolute atomic E-state index is 0.0877. The van der Waals surface area contributed by atoms with Gasteiger partial charge in [-0.2, -0.15) is 0 Å². The van der Waals surface area contributed by atoms with E-state index in [0.717, 1.165) is 55.0 Å². The Bertz CT molecular complexity index is 839. The molecular weight excluding hydrogens is 368 g/mol. The van der Waals surface area contributed by atoms with Gasteiger partial charge in [0, 0.05) is 65.5 Å². The molecule has 0 bridgehead atoms. The van der Waals surface area contributed by atoms with E-state index in [9.17, 15) is 4.79 Å². The number of urea groups is 1. The maximum absolute atomic E-state index is 12.3. The predicted molar refractivity (Wildman–Crippen MR) is 116 cm³/mol. The highest BCUT2D eigenvalue weighted by atomic mass is 16.5. The van der Waals surface area contributed by atoms with E-state index in [1.165, 1.54) is 0 Å². The molecule has 2 amide bonds. The van der Waals surface area contributed by atoms with Crippen molar-refractivity contribution in [3.63, 3.8) is 0 Å². The molecule has 29 heavy (non-hydrogen) atoms. The van der Waals surface area contributed by atoms with Gasteiger partial charge in [0.15, 0.2) is 5.82 Å². The van der Waals surface area contributed by atoms with Crippen LogP contribution in [0.5, 0.6) is 0 Å². The number of anilines is 1. The van der Waals surface area contributed by atoms with E-state index in [-0.39, 0.29) is 6.03 Å². The van der Waals surface area contributed by atoms with Gasteiger partial charge in [-0.15, -0.1) is 0 Å². The first-order chi connectivity index (χ1) is 13.8. The lowest BCUT2D eigenvalue weighted by molar-refractivity contribution is 0.156. The molecule has 8 nitrogen and oxygen atoms in total. The zero-order chi connectivity index (χ0) is 21.1. The summed E-state index contributed by atoms with van der Waals surface area (Å²) in [6.45, 7) is 7.26. The summed E-state index contributed by atoms with van der Waals surface area (Å²) in [4.78, 5) is 27.7. The van der Waals surface area contributed by atoms with E-state index in [2.05, 4.69) is 34.4 Å². The quantitative estimate of drug-likeness (QED) is 0.743. The van der Waals surface area contributed by atoms with E-state index in [0.29, 0.717) is 18.6 Å². The third kappa shape index (κ3) is 4.47. The number of amides is 2. The number of piperidine rings is 1. The lowest BCUT2D eigenvalue weighted by Crippen LogP contribution is -2.43. The largest absolute Gasteiger partial charge is 0.383 e. The van der Waals surface area contributed by atoms with Crippen LogP contribution in [0.1, 0.15) is 44.3 Å². The molecule has 8 heteroatoms. The molecule has 3 heterocycles. The van der Waals surface area contributed by atoms with Crippen LogP contribution in [0.3, 0.4) is 0 Å². The number of carbonyl (C=O) groups excluding carboxylic acids is 1. The van der Waals surface area contributed by atoms with Crippen molar-refractivity contribution in [1.29, 1.82) is 0 Å². The molecule has 0 N–H and O–H groups in total. The standard InChI is InChI=1S/C21H34N6O2/c1-15(2)27-14-22-19-18(27)13-17(23-20(19)25(5)11-12-29-6)16-7-9-26(10-8-16)21(28)24(3)4/h13-16H,7-12H2,1-6H3. The fourth-order valence-electron chi connectivity index (χ4n) is 3.90. The molecule has 1 aliphatic heterocycles. The third-order valence-corrected chi connectivity index (χ3v) is 5.68. The molecule has 1 fully saturated rings. The number of likely N-dealkylation sites (N-methyl/N-ethyl adjacent to an activating group) is 1. The Kier molecular flexibility index (Phi) is 6.62. The van der Waals surface area contributed by atoms with Gasteiger partial charge >= 0.3 is 6.03 Å². The fourth-order valence-corrected chi connectivity index (χ4v) is 3.90. The molecule has 0 radical (unpaired) electrons. The van der Waals surface area contributed by atoms with Gasteiger partial charge in [0.05, 0.1) is 18.5 Å². The average molecular weight is 403 g/mol. The number of fused-ring (bicyclic) bond motifs is 1. The summed E-state index contributed by atoms with van der Waals surface area (Å²) in [6.07, 6.45) is 3.76. The summed E-state index contributed by atoms with van der Waals surface area (Å²) in [5.74, 6) is 1.25. The van der Waals surface area contributed by atoms with Crippen LogP contribution in [-0.4, -0.2) is 84.9 Å². The highest BCUT2D eigenvalue weighted by Gasteiger charge is 2.27. The van der Waals surface area contributed by atoms with Crippen LogP contribution in [0.4, 0.5) is 10.6 Å². The summed E-state index contributed by atoms with van der Waals surface area (Å²) >= 11 is 0. The Labute approximate surface area is 173 Å². The van der Waals surface area contributed by atoms with Crippen molar-refractivity contribution in [2.45, 2.75) is 38.6 Å². The fraction of sp³-hybridized carbons (Fsp3) is 0.667. The molecule has 1 aliphatic rings. The van der Waals surface area contributed by atoms with Gasteiger partial charge < -0.3 is 24.0 Å². The molecule has 0 aromatic carbocycles. The van der Waals surface area contributed by atoms with Crippen molar-refractivity contribution in [1.82, 2.24) is 24.3 Å². The molecule has 0 saturated carbocycles. The summed E-state index contributed by atoms with van der Waals surface area (Å²) in [5.41, 5.74) is 3.15. The van der Waals surface area contributed by atoms with Crippen molar-refractivity contribution < 1.29 is 9.53 Å². The zero-order valence-electron chi connectivity index (χ0n) is 18.6. The van der Waals surface area contributed by atoms with Gasteiger partial charge in [-0.25, -0.2) is 14.8 Å². The molecule has 0 spiro atoms. The number of imidazole rings is 1. The number of pyridine rings is 1. The summed E-state index contributed by atoms with van der Waals surface area (Å²) in [7, 11) is 7.36. The maximum atomic E-state index is 12.3. The molecule has 0 unspecified atom stereocenters. The number of carbonyl (C=O) groups is 1. The molecule has 160 valence electrons. The Morgan fingerprint density at radius 1 is 1.28 bits per heavy atom. The number of ether oxygens (including phenoxy) is 1. The lowest BCUT2D eigenvalue weighted by Gasteiger charge is -2.33. The molecule has 1 saturated heterocycles. The summed E-state index contributed by atoms with van der Waals surface area (Å²) < 4.78 is 7.46. The second-order valence-corrected chi connectivity index (χ2v) is 8.34. The molecule has 0 aliphatic carbocycles. The van der Waals surface area contributed by atoms with Crippen molar-refractivity contribution in [3.05, 3.63) is 18.1 Å². The number of nitrogens with zero attached hydrogens (tertiary/aromatic N) is 6. The predicted octanol–water partition coefficient (Wildman–Crippen LogP) is 2.96. The second kappa shape index (κ2) is 8.98. The number of aromatic nitrogens is 3. The first-order valence-electron chi connectivity index (χ1n) is 10.4. The van der Waals surface area contributed by atoms with Gasteiger partial charge in [-0.1, -0.05) is 0 Å². The monoisotopic (exact) mass is 402 g/mol. The highest BCUT2D eigenvalue weighted by Crippen LogP contribution is 2.33. The third-order valence-electron chi connectivity index (χ3n) is 5.68. The van der Waals surface area contributed by atoms with Crippen molar-refractivity contribution in [3.8, 4) is 0 Å². The number of hydrogen-bond acceptors (Lipinski definition) is 5. The number of methoxy groups -OCH3 is 1. The lowest BCUT2D eigenvalue weighted by atomic mass is 9.93. The molecule has 2 aromatic rings. The smallest absolute Gasteiger partial charge is 0.319 e. The van der Waals surface area contributed by atoms with Gasteiger partial charge in [0.1, 0.15) is 5.52 Å². The van der Waals surface area contributed by atoms with Gasteiger partial charge in [0.25, 0.3) is 0 Å². The Morgan fingerprint density at radius 2 is 1.97 bits per heavy atom. The van der Waals surface area contributed by atoms with E-state index in [1.54, 1.807) is 26.1 Å². The first kappa shape index (κ1) is 21.4.